The third-order valence-electron chi connectivity index (χ3n) is 3.74. The number of likely N-dealkylation sites (tertiary alicyclic amines) is 1. The molecule has 0 saturated carbocycles. The molecule has 1 heterocycles. The molecule has 24 heavy (non-hydrogen) atoms. The van der Waals surface area contributed by atoms with Gasteiger partial charge in [0.05, 0.1) is 17.5 Å². The molecular formula is C17H25NO5S. The first-order valence-corrected chi connectivity index (χ1v) is 9.38. The summed E-state index contributed by atoms with van der Waals surface area (Å²) in [5.41, 5.74) is 0.378. The van der Waals surface area contributed by atoms with Gasteiger partial charge >= 0.3 is 6.09 Å². The van der Waals surface area contributed by atoms with E-state index in [9.17, 15) is 13.2 Å². The summed E-state index contributed by atoms with van der Waals surface area (Å²) in [6.07, 6.45) is -0.572. The number of carbonyl (C=O) groups excluding carboxylic acids is 1. The first-order valence-electron chi connectivity index (χ1n) is 7.97. The quantitative estimate of drug-likeness (QED) is 0.779. The number of nitrogens with zero attached hydrogens (tertiary/aromatic N) is 1. The van der Waals surface area contributed by atoms with Gasteiger partial charge in [0.25, 0.3) is 10.1 Å². The molecule has 2 rings (SSSR count). The van der Waals surface area contributed by atoms with E-state index in [1.807, 2.05) is 13.8 Å². The molecule has 0 spiro atoms. The summed E-state index contributed by atoms with van der Waals surface area (Å²) in [6.45, 7) is 9.31. The molecule has 6 nitrogen and oxygen atoms in total. The third kappa shape index (κ3) is 4.70. The van der Waals surface area contributed by atoms with Crippen LogP contribution in [0.15, 0.2) is 29.2 Å². The molecule has 1 aromatic carbocycles. The van der Waals surface area contributed by atoms with Crippen molar-refractivity contribution >= 4 is 16.2 Å². The largest absolute Gasteiger partial charge is 0.444 e. The predicted octanol–water partition coefficient (Wildman–Crippen LogP) is 3.10. The summed E-state index contributed by atoms with van der Waals surface area (Å²) >= 11 is 0. The Bertz CT molecular complexity index is 691. The lowest BCUT2D eigenvalue weighted by Crippen LogP contribution is -2.39. The van der Waals surface area contributed by atoms with Crippen molar-refractivity contribution in [3.05, 3.63) is 29.8 Å². The fourth-order valence-corrected chi connectivity index (χ4v) is 3.64. The standard InChI is InChI=1S/C17H25NO5S/c1-12-6-8-15(9-7-12)24(20,21)23-14-10-13(2)18(11-14)16(19)22-17(3,4)5/h6-9,13-14H,10-11H2,1-5H3/t13-,14+/m0/s1. The number of hydrogen-bond donors (Lipinski definition) is 0. The highest BCUT2D eigenvalue weighted by molar-refractivity contribution is 7.86. The van der Waals surface area contributed by atoms with Crippen molar-refractivity contribution < 1.29 is 22.1 Å². The Morgan fingerprint density at radius 1 is 1.21 bits per heavy atom. The lowest BCUT2D eigenvalue weighted by Gasteiger charge is -2.26. The van der Waals surface area contributed by atoms with Crippen LogP contribution < -0.4 is 0 Å². The van der Waals surface area contributed by atoms with Crippen LogP contribution in [-0.4, -0.2) is 43.7 Å². The Hall–Kier alpha value is -1.60. The molecule has 1 aromatic rings. The highest BCUT2D eigenvalue weighted by Gasteiger charge is 2.38. The molecule has 7 heteroatoms. The summed E-state index contributed by atoms with van der Waals surface area (Å²) in [6, 6.07) is 6.35. The van der Waals surface area contributed by atoms with Crippen molar-refractivity contribution in [2.45, 2.75) is 63.7 Å². The van der Waals surface area contributed by atoms with Crippen LogP contribution >= 0.6 is 0 Å². The normalized spacial score (nSPS) is 21.8. The molecule has 134 valence electrons. The van der Waals surface area contributed by atoms with Crippen LogP contribution in [-0.2, 0) is 19.0 Å². The fourth-order valence-electron chi connectivity index (χ4n) is 2.57. The molecule has 2 atom stereocenters. The van der Waals surface area contributed by atoms with Crippen LogP contribution in [0.5, 0.6) is 0 Å². The zero-order chi connectivity index (χ0) is 18.1. The van der Waals surface area contributed by atoms with Crippen molar-refractivity contribution in [1.82, 2.24) is 4.90 Å². The zero-order valence-electron chi connectivity index (χ0n) is 14.8. The van der Waals surface area contributed by atoms with Crippen LogP contribution in [0.4, 0.5) is 4.79 Å². The van der Waals surface area contributed by atoms with E-state index >= 15 is 0 Å². The average molecular weight is 355 g/mol. The molecule has 1 fully saturated rings. The number of benzene rings is 1. The maximum absolute atomic E-state index is 12.4. The molecule has 1 saturated heterocycles. The summed E-state index contributed by atoms with van der Waals surface area (Å²) in [5.74, 6) is 0. The lowest BCUT2D eigenvalue weighted by atomic mass is 10.2. The Morgan fingerprint density at radius 3 is 2.33 bits per heavy atom. The highest BCUT2D eigenvalue weighted by atomic mass is 32.2. The number of rotatable bonds is 3. The summed E-state index contributed by atoms with van der Waals surface area (Å²) < 4.78 is 35.4. The third-order valence-corrected chi connectivity index (χ3v) is 5.11. The van der Waals surface area contributed by atoms with Crippen molar-refractivity contribution in [3.8, 4) is 0 Å². The van der Waals surface area contributed by atoms with E-state index in [4.69, 9.17) is 8.92 Å². The topological polar surface area (TPSA) is 72.9 Å². The van der Waals surface area contributed by atoms with Gasteiger partial charge in [-0.1, -0.05) is 17.7 Å². The minimum Gasteiger partial charge on any atom is -0.444 e. The smallest absolute Gasteiger partial charge is 0.410 e. The molecule has 1 amide bonds. The Morgan fingerprint density at radius 2 is 1.79 bits per heavy atom. The first-order chi connectivity index (χ1) is 11.0. The second kappa shape index (κ2) is 6.72. The summed E-state index contributed by atoms with van der Waals surface area (Å²) in [5, 5.41) is 0. The van der Waals surface area contributed by atoms with Gasteiger partial charge in [-0.2, -0.15) is 8.42 Å². The fraction of sp³-hybridized carbons (Fsp3) is 0.588. The van der Waals surface area contributed by atoms with Gasteiger partial charge in [0.1, 0.15) is 5.60 Å². The van der Waals surface area contributed by atoms with E-state index in [0.29, 0.717) is 6.42 Å². The van der Waals surface area contributed by atoms with Crippen LogP contribution in [0, 0.1) is 6.92 Å². The second-order valence-electron chi connectivity index (χ2n) is 7.20. The SMILES string of the molecule is Cc1ccc(S(=O)(=O)O[C@@H]2C[C@H](C)N(C(=O)OC(C)(C)C)C2)cc1. The maximum Gasteiger partial charge on any atom is 0.410 e. The number of hydrogen-bond acceptors (Lipinski definition) is 5. The van der Waals surface area contributed by atoms with E-state index < -0.39 is 27.9 Å². The Kier molecular flexibility index (Phi) is 5.25. The van der Waals surface area contributed by atoms with Crippen LogP contribution in [0.3, 0.4) is 0 Å². The Labute approximate surface area is 143 Å². The first kappa shape index (κ1) is 18.7. The molecule has 0 aliphatic carbocycles. The van der Waals surface area contributed by atoms with E-state index in [2.05, 4.69) is 0 Å². The molecule has 0 unspecified atom stereocenters. The van der Waals surface area contributed by atoms with Gasteiger partial charge in [-0.3, -0.25) is 4.18 Å². The predicted molar refractivity (Wildman–Crippen MR) is 90.3 cm³/mol. The number of aryl methyl sites for hydroxylation is 1. The maximum atomic E-state index is 12.4. The summed E-state index contributed by atoms with van der Waals surface area (Å²) in [4.78, 5) is 13.8. The van der Waals surface area contributed by atoms with E-state index in [-0.39, 0.29) is 17.5 Å². The van der Waals surface area contributed by atoms with Crippen LogP contribution in [0.25, 0.3) is 0 Å². The Balaban J connectivity index is 2.04. The number of carbonyl (C=O) groups is 1. The minimum atomic E-state index is -3.85. The monoisotopic (exact) mass is 355 g/mol. The van der Waals surface area contributed by atoms with Gasteiger partial charge in [0.15, 0.2) is 0 Å². The molecule has 0 bridgehead atoms. The van der Waals surface area contributed by atoms with Crippen molar-refractivity contribution in [2.24, 2.45) is 0 Å². The van der Waals surface area contributed by atoms with Gasteiger partial charge < -0.3 is 9.64 Å². The molecule has 0 aromatic heterocycles. The highest BCUT2D eigenvalue weighted by Crippen LogP contribution is 2.26. The minimum absolute atomic E-state index is 0.122. The van der Waals surface area contributed by atoms with Crippen molar-refractivity contribution in [2.75, 3.05) is 6.54 Å². The van der Waals surface area contributed by atoms with E-state index in [1.165, 1.54) is 17.0 Å². The van der Waals surface area contributed by atoms with Crippen molar-refractivity contribution in [3.63, 3.8) is 0 Å². The van der Waals surface area contributed by atoms with Gasteiger partial charge in [-0.05, 0) is 53.2 Å². The lowest BCUT2D eigenvalue weighted by molar-refractivity contribution is 0.0224. The second-order valence-corrected chi connectivity index (χ2v) is 8.77. The molecule has 1 aliphatic rings. The average Bonchev–Trinajstić information content (AvgIpc) is 2.77. The van der Waals surface area contributed by atoms with Gasteiger partial charge in [-0.15, -0.1) is 0 Å². The molecular weight excluding hydrogens is 330 g/mol. The number of ether oxygens (including phenoxy) is 1. The van der Waals surface area contributed by atoms with Gasteiger partial charge in [0.2, 0.25) is 0 Å². The van der Waals surface area contributed by atoms with Crippen molar-refractivity contribution in [1.29, 1.82) is 0 Å². The molecule has 0 radical (unpaired) electrons. The van der Waals surface area contributed by atoms with E-state index in [1.54, 1.807) is 32.9 Å². The summed E-state index contributed by atoms with van der Waals surface area (Å²) in [7, 11) is -3.85. The van der Waals surface area contributed by atoms with Crippen LogP contribution in [0.1, 0.15) is 39.7 Å². The molecule has 0 N–H and O–H groups in total. The van der Waals surface area contributed by atoms with E-state index in [0.717, 1.165) is 5.56 Å². The zero-order valence-corrected chi connectivity index (χ0v) is 15.6. The van der Waals surface area contributed by atoms with Gasteiger partial charge in [0, 0.05) is 6.04 Å². The molecule has 1 aliphatic heterocycles. The number of amides is 1. The van der Waals surface area contributed by atoms with Gasteiger partial charge in [-0.25, -0.2) is 4.79 Å². The van der Waals surface area contributed by atoms with Crippen LogP contribution in [0.2, 0.25) is 0 Å².